The molecule has 0 aliphatic carbocycles. The minimum atomic E-state index is -0.669. The minimum Gasteiger partial charge on any atom is -0.485 e. The average molecular weight is 334 g/mol. The molecule has 1 rings (SSSR count). The number of benzene rings is 1. The van der Waals surface area contributed by atoms with Gasteiger partial charge < -0.3 is 15.2 Å². The summed E-state index contributed by atoms with van der Waals surface area (Å²) < 4.78 is 11.2. The van der Waals surface area contributed by atoms with Gasteiger partial charge in [0.1, 0.15) is 24.0 Å². The first-order valence-corrected chi connectivity index (χ1v) is 7.55. The first-order valence-electron chi connectivity index (χ1n) is 6.80. The summed E-state index contributed by atoms with van der Waals surface area (Å²) in [4.78, 5) is 11.7. The standard InChI is InChI=1S/C15H21Cl2NO3/c1-8(2)14(21-15(19)9(3)18)10(4)20-13-6-5-11(16)7-12(13)17/h5-10,14H,18H2,1-4H3/t9-,10-,14?/m0/s1. The molecule has 1 aromatic carbocycles. The van der Waals surface area contributed by atoms with E-state index in [0.29, 0.717) is 15.8 Å². The summed E-state index contributed by atoms with van der Waals surface area (Å²) in [6.07, 6.45) is -0.790. The molecule has 0 amide bonds. The van der Waals surface area contributed by atoms with Crippen molar-refractivity contribution in [2.45, 2.75) is 45.9 Å². The van der Waals surface area contributed by atoms with E-state index in [4.69, 9.17) is 38.4 Å². The molecule has 0 bridgehead atoms. The molecule has 1 unspecified atom stereocenters. The lowest BCUT2D eigenvalue weighted by Gasteiger charge is -2.28. The zero-order valence-electron chi connectivity index (χ0n) is 12.6. The summed E-state index contributed by atoms with van der Waals surface area (Å²) >= 11 is 11.9. The van der Waals surface area contributed by atoms with Gasteiger partial charge in [-0.2, -0.15) is 0 Å². The number of halogens is 2. The fraction of sp³-hybridized carbons (Fsp3) is 0.533. The molecule has 0 aromatic heterocycles. The normalized spacial score (nSPS) is 15.4. The Morgan fingerprint density at radius 1 is 1.19 bits per heavy atom. The maximum absolute atomic E-state index is 11.7. The Labute approximate surface area is 135 Å². The third kappa shape index (κ3) is 5.38. The lowest BCUT2D eigenvalue weighted by atomic mass is 10.0. The zero-order valence-corrected chi connectivity index (χ0v) is 14.1. The number of rotatable bonds is 6. The van der Waals surface area contributed by atoms with Crippen molar-refractivity contribution in [1.82, 2.24) is 0 Å². The lowest BCUT2D eigenvalue weighted by Crippen LogP contribution is -2.41. The van der Waals surface area contributed by atoms with E-state index in [0.717, 1.165) is 0 Å². The van der Waals surface area contributed by atoms with Crippen LogP contribution < -0.4 is 10.5 Å². The van der Waals surface area contributed by atoms with Crippen LogP contribution in [0.15, 0.2) is 18.2 Å². The molecule has 0 saturated heterocycles. The smallest absolute Gasteiger partial charge is 0.323 e. The Morgan fingerprint density at radius 3 is 2.29 bits per heavy atom. The molecule has 0 heterocycles. The van der Waals surface area contributed by atoms with Crippen LogP contribution in [0.4, 0.5) is 0 Å². The second kappa shape index (κ2) is 7.87. The summed E-state index contributed by atoms with van der Waals surface area (Å²) in [5.41, 5.74) is 5.53. The summed E-state index contributed by atoms with van der Waals surface area (Å²) in [5.74, 6) is 0.121. The van der Waals surface area contributed by atoms with Gasteiger partial charge in [-0.15, -0.1) is 0 Å². The highest BCUT2D eigenvalue weighted by molar-refractivity contribution is 6.35. The molecule has 0 spiro atoms. The quantitative estimate of drug-likeness (QED) is 0.806. The third-order valence-corrected chi connectivity index (χ3v) is 3.48. The molecule has 4 nitrogen and oxygen atoms in total. The molecule has 0 radical (unpaired) electrons. The van der Waals surface area contributed by atoms with Gasteiger partial charge in [-0.05, 0) is 38.0 Å². The van der Waals surface area contributed by atoms with Crippen molar-refractivity contribution in [2.24, 2.45) is 11.7 Å². The first kappa shape index (κ1) is 18.1. The summed E-state index contributed by atoms with van der Waals surface area (Å²) in [6, 6.07) is 4.31. The van der Waals surface area contributed by atoms with Gasteiger partial charge in [0.2, 0.25) is 0 Å². The Morgan fingerprint density at radius 2 is 1.81 bits per heavy atom. The van der Waals surface area contributed by atoms with Gasteiger partial charge >= 0.3 is 5.97 Å². The Hall–Kier alpha value is -0.970. The van der Waals surface area contributed by atoms with E-state index >= 15 is 0 Å². The van der Waals surface area contributed by atoms with Gasteiger partial charge in [-0.1, -0.05) is 37.0 Å². The molecule has 2 N–H and O–H groups in total. The van der Waals surface area contributed by atoms with Crippen molar-refractivity contribution < 1.29 is 14.3 Å². The lowest BCUT2D eigenvalue weighted by molar-refractivity contribution is -0.157. The average Bonchev–Trinajstić information content (AvgIpc) is 2.38. The van der Waals surface area contributed by atoms with Crippen molar-refractivity contribution in [3.8, 4) is 5.75 Å². The summed E-state index contributed by atoms with van der Waals surface area (Å²) in [5, 5.41) is 0.944. The predicted molar refractivity (Wildman–Crippen MR) is 84.9 cm³/mol. The number of hydrogen-bond acceptors (Lipinski definition) is 4. The van der Waals surface area contributed by atoms with Crippen LogP contribution in [-0.4, -0.2) is 24.2 Å². The molecule has 118 valence electrons. The molecule has 21 heavy (non-hydrogen) atoms. The van der Waals surface area contributed by atoms with E-state index in [-0.39, 0.29) is 12.0 Å². The fourth-order valence-electron chi connectivity index (χ4n) is 1.85. The van der Waals surface area contributed by atoms with E-state index < -0.39 is 18.1 Å². The molecule has 3 atom stereocenters. The molecule has 1 aromatic rings. The molecule has 0 saturated carbocycles. The van der Waals surface area contributed by atoms with E-state index in [2.05, 4.69) is 0 Å². The molecular formula is C15H21Cl2NO3. The van der Waals surface area contributed by atoms with E-state index in [1.807, 2.05) is 20.8 Å². The molecule has 0 aliphatic heterocycles. The van der Waals surface area contributed by atoms with Gasteiger partial charge in [-0.3, -0.25) is 4.79 Å². The number of hydrogen-bond donors (Lipinski definition) is 1. The molecule has 0 fully saturated rings. The zero-order chi connectivity index (χ0) is 16.2. The van der Waals surface area contributed by atoms with E-state index in [1.165, 1.54) is 0 Å². The van der Waals surface area contributed by atoms with Crippen LogP contribution in [0.3, 0.4) is 0 Å². The highest BCUT2D eigenvalue weighted by atomic mass is 35.5. The van der Waals surface area contributed by atoms with Gasteiger partial charge in [0.05, 0.1) is 5.02 Å². The minimum absolute atomic E-state index is 0.0776. The highest BCUT2D eigenvalue weighted by Crippen LogP contribution is 2.29. The van der Waals surface area contributed by atoms with Gasteiger partial charge in [-0.25, -0.2) is 0 Å². The van der Waals surface area contributed by atoms with Gasteiger partial charge in [0, 0.05) is 5.02 Å². The van der Waals surface area contributed by atoms with Crippen LogP contribution in [0, 0.1) is 5.92 Å². The fourth-order valence-corrected chi connectivity index (χ4v) is 2.31. The summed E-state index contributed by atoms with van der Waals surface area (Å²) in [6.45, 7) is 7.30. The second-order valence-corrected chi connectivity index (χ2v) is 6.18. The van der Waals surface area contributed by atoms with Gasteiger partial charge in [0.15, 0.2) is 0 Å². The monoisotopic (exact) mass is 333 g/mol. The molecule has 0 aliphatic rings. The van der Waals surface area contributed by atoms with Crippen LogP contribution in [0.2, 0.25) is 10.0 Å². The number of esters is 1. The Balaban J connectivity index is 2.81. The van der Waals surface area contributed by atoms with Crippen LogP contribution in [0.25, 0.3) is 0 Å². The van der Waals surface area contributed by atoms with Crippen molar-refractivity contribution >= 4 is 29.2 Å². The number of carbonyl (C=O) groups excluding carboxylic acids is 1. The number of nitrogens with two attached hydrogens (primary N) is 1. The van der Waals surface area contributed by atoms with Crippen molar-refractivity contribution in [3.63, 3.8) is 0 Å². The first-order chi connectivity index (χ1) is 9.72. The van der Waals surface area contributed by atoms with Crippen LogP contribution in [-0.2, 0) is 9.53 Å². The maximum atomic E-state index is 11.7. The number of carbonyl (C=O) groups is 1. The van der Waals surface area contributed by atoms with Gasteiger partial charge in [0.25, 0.3) is 0 Å². The van der Waals surface area contributed by atoms with Crippen LogP contribution in [0.1, 0.15) is 27.7 Å². The SMILES string of the molecule is CC(C)C(OC(=O)[C@H](C)N)[C@H](C)Oc1ccc(Cl)cc1Cl. The predicted octanol–water partition coefficient (Wildman–Crippen LogP) is 3.68. The largest absolute Gasteiger partial charge is 0.485 e. The Bertz CT molecular complexity index is 492. The highest BCUT2D eigenvalue weighted by Gasteiger charge is 2.28. The van der Waals surface area contributed by atoms with Crippen molar-refractivity contribution in [3.05, 3.63) is 28.2 Å². The van der Waals surface area contributed by atoms with Crippen molar-refractivity contribution in [1.29, 1.82) is 0 Å². The second-order valence-electron chi connectivity index (χ2n) is 5.33. The number of ether oxygens (including phenoxy) is 2. The molecule has 6 heteroatoms. The van der Waals surface area contributed by atoms with Crippen LogP contribution in [0.5, 0.6) is 5.75 Å². The summed E-state index contributed by atoms with van der Waals surface area (Å²) in [7, 11) is 0. The third-order valence-electron chi connectivity index (χ3n) is 2.95. The van der Waals surface area contributed by atoms with E-state index in [9.17, 15) is 4.79 Å². The van der Waals surface area contributed by atoms with Crippen molar-refractivity contribution in [2.75, 3.05) is 0 Å². The molecular weight excluding hydrogens is 313 g/mol. The topological polar surface area (TPSA) is 61.5 Å². The van der Waals surface area contributed by atoms with E-state index in [1.54, 1.807) is 25.1 Å². The Kier molecular flexibility index (Phi) is 6.78. The maximum Gasteiger partial charge on any atom is 0.323 e. The van der Waals surface area contributed by atoms with Crippen LogP contribution >= 0.6 is 23.2 Å².